The number of halogens is 3. The third kappa shape index (κ3) is 6.24. The van der Waals surface area contributed by atoms with E-state index in [1.165, 1.54) is 13.8 Å². The Balaban J connectivity index is 4.56. The zero-order chi connectivity index (χ0) is 15.3. The molecule has 0 saturated heterocycles. The average molecular weight is 285 g/mol. The fourth-order valence-corrected chi connectivity index (χ4v) is 1.68. The van der Waals surface area contributed by atoms with E-state index < -0.39 is 29.9 Å². The standard InChI is InChI=1S/C12H22F3NO3/c1-5-6-16-11(4,10(17)18)7-8(2)19-9(3)12(13,14)15/h8-9,16H,5-7H2,1-4H3,(H,17,18). The highest BCUT2D eigenvalue weighted by Crippen LogP contribution is 2.25. The first kappa shape index (κ1) is 18.2. The van der Waals surface area contributed by atoms with E-state index in [0.29, 0.717) is 6.54 Å². The van der Waals surface area contributed by atoms with Crippen molar-refractivity contribution in [2.24, 2.45) is 0 Å². The quantitative estimate of drug-likeness (QED) is 0.719. The number of carboxylic acids is 1. The maximum atomic E-state index is 12.3. The smallest absolute Gasteiger partial charge is 0.414 e. The van der Waals surface area contributed by atoms with Gasteiger partial charge in [-0.05, 0) is 33.7 Å². The minimum atomic E-state index is -4.44. The van der Waals surface area contributed by atoms with Crippen LogP contribution in [0.3, 0.4) is 0 Å². The summed E-state index contributed by atoms with van der Waals surface area (Å²) in [5, 5.41) is 12.0. The third-order valence-electron chi connectivity index (χ3n) is 2.83. The molecule has 0 heterocycles. The fourth-order valence-electron chi connectivity index (χ4n) is 1.68. The van der Waals surface area contributed by atoms with Crippen molar-refractivity contribution in [3.05, 3.63) is 0 Å². The van der Waals surface area contributed by atoms with Crippen molar-refractivity contribution in [3.63, 3.8) is 0 Å². The maximum absolute atomic E-state index is 12.3. The highest BCUT2D eigenvalue weighted by molar-refractivity contribution is 5.78. The van der Waals surface area contributed by atoms with Gasteiger partial charge in [0.15, 0.2) is 6.10 Å². The Morgan fingerprint density at radius 2 is 1.89 bits per heavy atom. The van der Waals surface area contributed by atoms with E-state index in [4.69, 9.17) is 9.84 Å². The van der Waals surface area contributed by atoms with Crippen molar-refractivity contribution in [2.45, 2.75) is 64.5 Å². The SMILES string of the molecule is CCCNC(C)(CC(C)OC(C)C(F)(F)F)C(=O)O. The van der Waals surface area contributed by atoms with Crippen LogP contribution in [0.5, 0.6) is 0 Å². The van der Waals surface area contributed by atoms with Crippen LogP contribution in [0.4, 0.5) is 13.2 Å². The van der Waals surface area contributed by atoms with Crippen LogP contribution in [-0.2, 0) is 9.53 Å². The van der Waals surface area contributed by atoms with Gasteiger partial charge in [-0.15, -0.1) is 0 Å². The van der Waals surface area contributed by atoms with E-state index in [9.17, 15) is 18.0 Å². The van der Waals surface area contributed by atoms with Gasteiger partial charge in [0.25, 0.3) is 0 Å². The second-order valence-corrected chi connectivity index (χ2v) is 4.90. The number of carboxylic acid groups (broad SMARTS) is 1. The molecule has 4 nitrogen and oxygen atoms in total. The number of ether oxygens (including phenoxy) is 1. The van der Waals surface area contributed by atoms with Gasteiger partial charge in [-0.3, -0.25) is 4.79 Å². The molecule has 0 saturated carbocycles. The largest absolute Gasteiger partial charge is 0.480 e. The van der Waals surface area contributed by atoms with Crippen LogP contribution in [0.25, 0.3) is 0 Å². The van der Waals surface area contributed by atoms with E-state index in [-0.39, 0.29) is 6.42 Å². The summed E-state index contributed by atoms with van der Waals surface area (Å²) < 4.78 is 41.9. The van der Waals surface area contributed by atoms with Crippen molar-refractivity contribution in [3.8, 4) is 0 Å². The molecule has 0 aliphatic rings. The summed E-state index contributed by atoms with van der Waals surface area (Å²) in [5.41, 5.74) is -1.29. The van der Waals surface area contributed by atoms with Gasteiger partial charge in [-0.1, -0.05) is 6.92 Å². The van der Waals surface area contributed by atoms with Crippen molar-refractivity contribution in [1.82, 2.24) is 5.32 Å². The molecule has 114 valence electrons. The Hall–Kier alpha value is -0.820. The van der Waals surface area contributed by atoms with Crippen LogP contribution >= 0.6 is 0 Å². The fraction of sp³-hybridized carbons (Fsp3) is 0.917. The van der Waals surface area contributed by atoms with Gasteiger partial charge in [0, 0.05) is 6.42 Å². The molecule has 3 atom stereocenters. The molecular formula is C12H22F3NO3. The van der Waals surface area contributed by atoms with Crippen LogP contribution in [0.15, 0.2) is 0 Å². The number of carbonyl (C=O) groups is 1. The number of rotatable bonds is 8. The summed E-state index contributed by atoms with van der Waals surface area (Å²) >= 11 is 0. The molecule has 2 N–H and O–H groups in total. The number of nitrogens with one attached hydrogen (secondary N) is 1. The van der Waals surface area contributed by atoms with Gasteiger partial charge in [-0.2, -0.15) is 13.2 Å². The van der Waals surface area contributed by atoms with Gasteiger partial charge >= 0.3 is 12.1 Å². The van der Waals surface area contributed by atoms with Crippen LogP contribution in [0.2, 0.25) is 0 Å². The lowest BCUT2D eigenvalue weighted by Crippen LogP contribution is -2.52. The summed E-state index contributed by atoms with van der Waals surface area (Å²) in [6, 6.07) is 0. The van der Waals surface area contributed by atoms with E-state index in [1.807, 2.05) is 6.92 Å². The Bertz CT molecular complexity index is 296. The molecule has 0 aliphatic heterocycles. The molecule has 0 aliphatic carbocycles. The predicted octanol–water partition coefficient (Wildman–Crippen LogP) is 2.58. The van der Waals surface area contributed by atoms with Crippen molar-refractivity contribution in [1.29, 1.82) is 0 Å². The summed E-state index contributed by atoms with van der Waals surface area (Å²) in [4.78, 5) is 11.2. The molecule has 7 heteroatoms. The first-order valence-electron chi connectivity index (χ1n) is 6.23. The normalized spacial score (nSPS) is 18.7. The number of alkyl halides is 3. The summed E-state index contributed by atoms with van der Waals surface area (Å²) in [7, 11) is 0. The number of hydrogen-bond acceptors (Lipinski definition) is 3. The number of hydrogen-bond donors (Lipinski definition) is 2. The molecule has 0 bridgehead atoms. The lowest BCUT2D eigenvalue weighted by Gasteiger charge is -2.30. The molecule has 0 aromatic carbocycles. The zero-order valence-corrected chi connectivity index (χ0v) is 11.7. The Kier molecular flexibility index (Phi) is 6.79. The molecule has 3 unspecified atom stereocenters. The van der Waals surface area contributed by atoms with Crippen molar-refractivity contribution < 1.29 is 27.8 Å². The van der Waals surface area contributed by atoms with Gasteiger partial charge in [-0.25, -0.2) is 0 Å². The Morgan fingerprint density at radius 3 is 2.26 bits per heavy atom. The van der Waals surface area contributed by atoms with E-state index in [0.717, 1.165) is 13.3 Å². The highest BCUT2D eigenvalue weighted by atomic mass is 19.4. The van der Waals surface area contributed by atoms with Gasteiger partial charge in [0.2, 0.25) is 0 Å². The van der Waals surface area contributed by atoms with Crippen molar-refractivity contribution in [2.75, 3.05) is 6.54 Å². The topological polar surface area (TPSA) is 58.6 Å². The molecule has 0 radical (unpaired) electrons. The molecule has 0 fully saturated rings. The van der Waals surface area contributed by atoms with Gasteiger partial charge < -0.3 is 15.2 Å². The summed E-state index contributed by atoms with van der Waals surface area (Å²) in [6.07, 6.45) is -6.47. The molecule has 0 aromatic heterocycles. The molecule has 0 rings (SSSR count). The zero-order valence-electron chi connectivity index (χ0n) is 11.7. The third-order valence-corrected chi connectivity index (χ3v) is 2.83. The molecular weight excluding hydrogens is 263 g/mol. The lowest BCUT2D eigenvalue weighted by molar-refractivity contribution is -0.226. The second-order valence-electron chi connectivity index (χ2n) is 4.90. The van der Waals surface area contributed by atoms with E-state index in [2.05, 4.69) is 5.32 Å². The van der Waals surface area contributed by atoms with E-state index >= 15 is 0 Å². The lowest BCUT2D eigenvalue weighted by atomic mass is 9.94. The highest BCUT2D eigenvalue weighted by Gasteiger charge is 2.40. The second kappa shape index (κ2) is 7.09. The summed E-state index contributed by atoms with van der Waals surface area (Å²) in [6.45, 7) is 6.15. The van der Waals surface area contributed by atoms with Crippen LogP contribution in [-0.4, -0.2) is 41.5 Å². The minimum Gasteiger partial charge on any atom is -0.480 e. The summed E-state index contributed by atoms with van der Waals surface area (Å²) in [5.74, 6) is -1.10. The Labute approximate surface area is 111 Å². The molecule has 0 amide bonds. The van der Waals surface area contributed by atoms with Gasteiger partial charge in [0.05, 0.1) is 6.10 Å². The van der Waals surface area contributed by atoms with Crippen LogP contribution in [0.1, 0.15) is 40.5 Å². The monoisotopic (exact) mass is 285 g/mol. The number of aliphatic carboxylic acids is 1. The first-order valence-corrected chi connectivity index (χ1v) is 6.23. The maximum Gasteiger partial charge on any atom is 0.414 e. The molecule has 0 spiro atoms. The first-order chi connectivity index (χ1) is 8.53. The minimum absolute atomic E-state index is 0.0389. The predicted molar refractivity (Wildman–Crippen MR) is 65.0 cm³/mol. The average Bonchev–Trinajstić information content (AvgIpc) is 2.24. The van der Waals surface area contributed by atoms with Crippen LogP contribution < -0.4 is 5.32 Å². The van der Waals surface area contributed by atoms with Crippen molar-refractivity contribution >= 4 is 5.97 Å². The Morgan fingerprint density at radius 1 is 1.37 bits per heavy atom. The van der Waals surface area contributed by atoms with Crippen LogP contribution in [0, 0.1) is 0 Å². The molecule has 0 aromatic rings. The van der Waals surface area contributed by atoms with Gasteiger partial charge in [0.1, 0.15) is 5.54 Å². The molecule has 19 heavy (non-hydrogen) atoms. The van der Waals surface area contributed by atoms with E-state index in [1.54, 1.807) is 0 Å².